The largest absolute Gasteiger partial charge is 0.453 e. The van der Waals surface area contributed by atoms with Crippen LogP contribution in [0.15, 0.2) is 70.9 Å². The molecule has 0 saturated heterocycles. The molecular formula is C20H17N3O6S2. The van der Waals surface area contributed by atoms with E-state index in [1.54, 1.807) is 23.6 Å². The summed E-state index contributed by atoms with van der Waals surface area (Å²) in [5.74, 6) is -1.22. The molecule has 0 atom stereocenters. The van der Waals surface area contributed by atoms with Crippen molar-refractivity contribution in [2.45, 2.75) is 4.90 Å². The first-order valence-electron chi connectivity index (χ1n) is 8.76. The molecule has 0 spiro atoms. The predicted octanol–water partition coefficient (Wildman–Crippen LogP) is 3.30. The van der Waals surface area contributed by atoms with Crippen LogP contribution in [0.4, 0.5) is 15.5 Å². The lowest BCUT2D eigenvalue weighted by Crippen LogP contribution is -2.30. The number of carbonyl (C=O) groups is 3. The molecule has 0 bridgehead atoms. The maximum absolute atomic E-state index is 12.5. The topological polar surface area (TPSA) is 131 Å². The van der Waals surface area contributed by atoms with E-state index in [0.717, 1.165) is 18.4 Å². The van der Waals surface area contributed by atoms with Crippen LogP contribution in [-0.2, 0) is 14.8 Å². The summed E-state index contributed by atoms with van der Waals surface area (Å²) in [5.41, 5.74) is 0.640. The standard InChI is InChI=1S/C20H17N3O6S2/c1-29-20(26)22-18(25)16-11-12-30-19(16)21-17(24)13-7-9-14(10-8-13)23-31(27,28)15-5-3-2-4-6-15/h2-12,23H,1H3,(H,21,24)(H,22,25,26). The van der Waals surface area contributed by atoms with Gasteiger partial charge in [-0.25, -0.2) is 13.2 Å². The Hall–Kier alpha value is -3.70. The van der Waals surface area contributed by atoms with E-state index < -0.39 is 27.9 Å². The molecule has 9 nitrogen and oxygen atoms in total. The number of ether oxygens (including phenoxy) is 1. The number of thiophene rings is 1. The van der Waals surface area contributed by atoms with Crippen molar-refractivity contribution in [2.24, 2.45) is 0 Å². The van der Waals surface area contributed by atoms with Gasteiger partial charge < -0.3 is 10.1 Å². The maximum Gasteiger partial charge on any atom is 0.413 e. The number of amides is 3. The highest BCUT2D eigenvalue weighted by molar-refractivity contribution is 7.92. The molecule has 3 rings (SSSR count). The van der Waals surface area contributed by atoms with Gasteiger partial charge in [0.05, 0.1) is 17.6 Å². The van der Waals surface area contributed by atoms with Gasteiger partial charge in [-0.2, -0.15) is 0 Å². The Morgan fingerprint density at radius 2 is 1.58 bits per heavy atom. The van der Waals surface area contributed by atoms with Gasteiger partial charge in [-0.15, -0.1) is 11.3 Å². The summed E-state index contributed by atoms with van der Waals surface area (Å²) in [7, 11) is -2.62. The highest BCUT2D eigenvalue weighted by atomic mass is 32.2. The lowest BCUT2D eigenvalue weighted by molar-refractivity contribution is 0.0938. The normalized spacial score (nSPS) is 10.7. The van der Waals surface area contributed by atoms with Gasteiger partial charge in [0.1, 0.15) is 5.00 Å². The van der Waals surface area contributed by atoms with Crippen molar-refractivity contribution >= 4 is 50.0 Å². The maximum atomic E-state index is 12.5. The van der Waals surface area contributed by atoms with Gasteiger partial charge in [-0.05, 0) is 47.8 Å². The SMILES string of the molecule is COC(=O)NC(=O)c1ccsc1NC(=O)c1ccc(NS(=O)(=O)c2ccccc2)cc1. The highest BCUT2D eigenvalue weighted by Gasteiger charge is 2.18. The number of hydrogen-bond donors (Lipinski definition) is 3. The molecule has 1 heterocycles. The summed E-state index contributed by atoms with van der Waals surface area (Å²) in [6, 6.07) is 15.1. The summed E-state index contributed by atoms with van der Waals surface area (Å²) in [5, 5.41) is 6.46. The number of carbonyl (C=O) groups excluding carboxylic acids is 3. The average molecular weight is 460 g/mol. The lowest BCUT2D eigenvalue weighted by atomic mass is 10.2. The molecule has 0 unspecified atom stereocenters. The van der Waals surface area contributed by atoms with Gasteiger partial charge in [0.2, 0.25) is 0 Å². The Morgan fingerprint density at radius 3 is 2.23 bits per heavy atom. The van der Waals surface area contributed by atoms with E-state index in [2.05, 4.69) is 14.8 Å². The Morgan fingerprint density at radius 1 is 0.903 bits per heavy atom. The second-order valence-electron chi connectivity index (χ2n) is 6.06. The zero-order valence-corrected chi connectivity index (χ0v) is 17.7. The Bertz CT molecular complexity index is 1210. The second-order valence-corrected chi connectivity index (χ2v) is 8.66. The Kier molecular flexibility index (Phi) is 6.68. The summed E-state index contributed by atoms with van der Waals surface area (Å²) in [4.78, 5) is 35.9. The molecule has 31 heavy (non-hydrogen) atoms. The Balaban J connectivity index is 1.69. The number of nitrogens with one attached hydrogen (secondary N) is 3. The van der Waals surface area contributed by atoms with Crippen molar-refractivity contribution in [2.75, 3.05) is 17.1 Å². The van der Waals surface area contributed by atoms with Crippen LogP contribution in [0.1, 0.15) is 20.7 Å². The summed E-state index contributed by atoms with van der Waals surface area (Å²) >= 11 is 1.11. The fourth-order valence-electron chi connectivity index (χ4n) is 2.47. The van der Waals surface area contributed by atoms with E-state index in [0.29, 0.717) is 0 Å². The summed E-state index contributed by atoms with van der Waals surface area (Å²) < 4.78 is 31.6. The van der Waals surface area contributed by atoms with E-state index in [-0.39, 0.29) is 26.7 Å². The van der Waals surface area contributed by atoms with E-state index >= 15 is 0 Å². The predicted molar refractivity (Wildman–Crippen MR) is 116 cm³/mol. The monoisotopic (exact) mass is 459 g/mol. The van der Waals surface area contributed by atoms with E-state index in [9.17, 15) is 22.8 Å². The van der Waals surface area contributed by atoms with E-state index in [1.807, 2.05) is 5.32 Å². The molecule has 11 heteroatoms. The van der Waals surface area contributed by atoms with Crippen molar-refractivity contribution < 1.29 is 27.5 Å². The van der Waals surface area contributed by atoms with Gasteiger partial charge in [-0.3, -0.25) is 19.6 Å². The summed E-state index contributed by atoms with van der Waals surface area (Å²) in [6.07, 6.45) is -0.915. The molecule has 160 valence electrons. The zero-order chi connectivity index (χ0) is 22.4. The van der Waals surface area contributed by atoms with Gasteiger partial charge in [0.25, 0.3) is 21.8 Å². The first-order valence-corrected chi connectivity index (χ1v) is 11.1. The minimum atomic E-state index is -3.75. The van der Waals surface area contributed by atoms with E-state index in [1.165, 1.54) is 42.5 Å². The molecule has 2 aromatic carbocycles. The number of benzene rings is 2. The molecule has 3 amide bonds. The number of anilines is 2. The van der Waals surface area contributed by atoms with Crippen LogP contribution in [0.2, 0.25) is 0 Å². The quantitative estimate of drug-likeness (QED) is 0.518. The van der Waals surface area contributed by atoms with Gasteiger partial charge in [-0.1, -0.05) is 18.2 Å². The highest BCUT2D eigenvalue weighted by Crippen LogP contribution is 2.24. The smallest absolute Gasteiger partial charge is 0.413 e. The fourth-order valence-corrected chi connectivity index (χ4v) is 4.33. The second kappa shape index (κ2) is 9.41. The van der Waals surface area contributed by atoms with Crippen molar-refractivity contribution in [3.63, 3.8) is 0 Å². The molecule has 0 fully saturated rings. The van der Waals surface area contributed by atoms with Crippen molar-refractivity contribution in [3.05, 3.63) is 77.2 Å². The first-order chi connectivity index (χ1) is 14.8. The molecule has 3 aromatic rings. The molecule has 3 N–H and O–H groups in total. The van der Waals surface area contributed by atoms with Crippen molar-refractivity contribution in [3.8, 4) is 0 Å². The first kappa shape index (κ1) is 22.0. The number of sulfonamides is 1. The number of alkyl carbamates (subject to hydrolysis) is 1. The van der Waals surface area contributed by atoms with Crippen LogP contribution in [0.5, 0.6) is 0 Å². The lowest BCUT2D eigenvalue weighted by Gasteiger charge is -2.09. The molecular weight excluding hydrogens is 442 g/mol. The van der Waals surface area contributed by atoms with Crippen LogP contribution in [-0.4, -0.2) is 33.4 Å². The fraction of sp³-hybridized carbons (Fsp3) is 0.0500. The Labute approximate surface area is 182 Å². The van der Waals surface area contributed by atoms with Crippen LogP contribution in [0.25, 0.3) is 0 Å². The minimum absolute atomic E-state index is 0.107. The molecule has 0 radical (unpaired) electrons. The molecule has 0 aliphatic heterocycles. The number of methoxy groups -OCH3 is 1. The third-order valence-corrected chi connectivity index (χ3v) is 6.22. The number of hydrogen-bond acceptors (Lipinski definition) is 7. The average Bonchev–Trinajstić information content (AvgIpc) is 3.22. The minimum Gasteiger partial charge on any atom is -0.453 e. The molecule has 0 saturated carbocycles. The summed E-state index contributed by atoms with van der Waals surface area (Å²) in [6.45, 7) is 0. The van der Waals surface area contributed by atoms with Crippen LogP contribution in [0.3, 0.4) is 0 Å². The van der Waals surface area contributed by atoms with Crippen molar-refractivity contribution in [1.29, 1.82) is 0 Å². The number of imide groups is 1. The van der Waals surface area contributed by atoms with Gasteiger partial charge >= 0.3 is 6.09 Å². The van der Waals surface area contributed by atoms with Gasteiger partial charge in [0, 0.05) is 11.3 Å². The zero-order valence-electron chi connectivity index (χ0n) is 16.1. The van der Waals surface area contributed by atoms with Gasteiger partial charge in [0.15, 0.2) is 0 Å². The van der Waals surface area contributed by atoms with Crippen LogP contribution < -0.4 is 15.4 Å². The third kappa shape index (κ3) is 5.47. The van der Waals surface area contributed by atoms with Crippen LogP contribution in [0, 0.1) is 0 Å². The molecule has 1 aromatic heterocycles. The third-order valence-electron chi connectivity index (χ3n) is 3.99. The van der Waals surface area contributed by atoms with Crippen LogP contribution >= 0.6 is 11.3 Å². The van der Waals surface area contributed by atoms with Crippen molar-refractivity contribution in [1.82, 2.24) is 5.32 Å². The number of rotatable bonds is 6. The van der Waals surface area contributed by atoms with E-state index in [4.69, 9.17) is 0 Å². The molecule has 0 aliphatic rings. The molecule has 0 aliphatic carbocycles.